The average Bonchev–Trinajstić information content (AvgIpc) is 2.46. The Morgan fingerprint density at radius 2 is 2.10 bits per heavy atom. The summed E-state index contributed by atoms with van der Waals surface area (Å²) in [6, 6.07) is 6.43. The first-order valence-corrected chi connectivity index (χ1v) is 7.34. The highest BCUT2D eigenvalue weighted by atomic mass is 35.5. The molecule has 1 N–H and O–H groups in total. The second-order valence-electron chi connectivity index (χ2n) is 5.61. The van der Waals surface area contributed by atoms with Crippen molar-refractivity contribution in [3.8, 4) is 0 Å². The van der Waals surface area contributed by atoms with Crippen LogP contribution in [0.3, 0.4) is 0 Å². The number of halogens is 2. The lowest BCUT2D eigenvalue weighted by atomic mass is 9.93. The largest absolute Gasteiger partial charge is 0.341 e. The fourth-order valence-corrected chi connectivity index (χ4v) is 2.69. The second kappa shape index (κ2) is 9.00. The van der Waals surface area contributed by atoms with Crippen LogP contribution >= 0.6 is 12.4 Å². The van der Waals surface area contributed by atoms with Gasteiger partial charge in [0.2, 0.25) is 5.91 Å². The second-order valence-corrected chi connectivity index (χ2v) is 5.61. The molecule has 0 aliphatic carbocycles. The zero-order chi connectivity index (χ0) is 14.4. The highest BCUT2D eigenvalue weighted by Crippen LogP contribution is 2.18. The zero-order valence-electron chi connectivity index (χ0n) is 12.5. The molecule has 1 aliphatic rings. The molecule has 1 aliphatic heterocycles. The van der Waals surface area contributed by atoms with Crippen LogP contribution in [0.15, 0.2) is 24.3 Å². The van der Waals surface area contributed by atoms with Crippen molar-refractivity contribution < 1.29 is 9.18 Å². The van der Waals surface area contributed by atoms with E-state index < -0.39 is 0 Å². The molecule has 0 spiro atoms. The molecule has 1 aromatic carbocycles. The number of nitrogens with one attached hydrogen (secondary N) is 1. The van der Waals surface area contributed by atoms with Crippen LogP contribution < -0.4 is 5.32 Å². The summed E-state index contributed by atoms with van der Waals surface area (Å²) in [5.41, 5.74) is 0.836. The van der Waals surface area contributed by atoms with E-state index in [1.54, 1.807) is 18.0 Å². The Bertz CT molecular complexity index is 450. The fourth-order valence-electron chi connectivity index (χ4n) is 2.69. The van der Waals surface area contributed by atoms with E-state index in [1.807, 2.05) is 6.07 Å². The molecule has 1 aromatic rings. The Morgan fingerprint density at radius 3 is 2.76 bits per heavy atom. The number of hydrogen-bond donors (Lipinski definition) is 1. The number of carbonyl (C=O) groups is 1. The molecular weight excluding hydrogens is 291 g/mol. The van der Waals surface area contributed by atoms with Crippen LogP contribution in [0.25, 0.3) is 0 Å². The van der Waals surface area contributed by atoms with Crippen LogP contribution in [0, 0.1) is 11.7 Å². The summed E-state index contributed by atoms with van der Waals surface area (Å²) < 4.78 is 13.1. The minimum absolute atomic E-state index is 0. The number of amides is 1. The topological polar surface area (TPSA) is 32.3 Å². The third-order valence-corrected chi connectivity index (χ3v) is 3.96. The molecule has 2 rings (SSSR count). The standard InChI is InChI=1S/C16H23FN2O.ClH/c1-19(12-14-3-2-4-15(17)11-14)16(20)6-5-13-7-9-18-10-8-13;/h2-4,11,13,18H,5-10,12H2,1H3;1H. The van der Waals surface area contributed by atoms with Gasteiger partial charge in [0.1, 0.15) is 5.82 Å². The average molecular weight is 315 g/mol. The van der Waals surface area contributed by atoms with Crippen molar-refractivity contribution in [2.45, 2.75) is 32.2 Å². The summed E-state index contributed by atoms with van der Waals surface area (Å²) in [5, 5.41) is 3.33. The molecule has 0 bridgehead atoms. The van der Waals surface area contributed by atoms with Crippen molar-refractivity contribution in [1.29, 1.82) is 0 Å². The molecule has 21 heavy (non-hydrogen) atoms. The van der Waals surface area contributed by atoms with Gasteiger partial charge in [-0.05, 0) is 56.0 Å². The first kappa shape index (κ1) is 17.9. The van der Waals surface area contributed by atoms with Gasteiger partial charge in [-0.2, -0.15) is 0 Å². The Balaban J connectivity index is 0.00000220. The smallest absolute Gasteiger partial charge is 0.222 e. The Hall–Kier alpha value is -1.13. The lowest BCUT2D eigenvalue weighted by Gasteiger charge is -2.23. The van der Waals surface area contributed by atoms with Crippen molar-refractivity contribution in [2.24, 2.45) is 5.92 Å². The summed E-state index contributed by atoms with van der Waals surface area (Å²) in [7, 11) is 1.79. The van der Waals surface area contributed by atoms with Crippen LogP contribution in [0.2, 0.25) is 0 Å². The molecule has 118 valence electrons. The lowest BCUT2D eigenvalue weighted by molar-refractivity contribution is -0.130. The van der Waals surface area contributed by atoms with Crippen molar-refractivity contribution in [3.05, 3.63) is 35.6 Å². The minimum atomic E-state index is -0.252. The molecule has 0 unspecified atom stereocenters. The van der Waals surface area contributed by atoms with E-state index in [0.717, 1.165) is 25.1 Å². The number of carbonyl (C=O) groups excluding carboxylic acids is 1. The predicted molar refractivity (Wildman–Crippen MR) is 84.9 cm³/mol. The van der Waals surface area contributed by atoms with E-state index in [-0.39, 0.29) is 24.1 Å². The summed E-state index contributed by atoms with van der Waals surface area (Å²) in [6.45, 7) is 2.61. The molecule has 1 heterocycles. The molecule has 1 saturated heterocycles. The number of piperidine rings is 1. The third kappa shape index (κ3) is 6.02. The van der Waals surface area contributed by atoms with Gasteiger partial charge in [-0.15, -0.1) is 12.4 Å². The molecule has 1 fully saturated rings. The van der Waals surface area contributed by atoms with Gasteiger partial charge in [-0.25, -0.2) is 4.39 Å². The van der Waals surface area contributed by atoms with Gasteiger partial charge in [0.05, 0.1) is 0 Å². The lowest BCUT2D eigenvalue weighted by Crippen LogP contribution is -2.30. The number of benzene rings is 1. The molecule has 1 amide bonds. The zero-order valence-corrected chi connectivity index (χ0v) is 13.3. The predicted octanol–water partition coefficient (Wildman–Crippen LogP) is 2.99. The molecule has 0 atom stereocenters. The van der Waals surface area contributed by atoms with Gasteiger partial charge < -0.3 is 10.2 Å². The maximum absolute atomic E-state index is 13.1. The van der Waals surface area contributed by atoms with E-state index in [1.165, 1.54) is 25.0 Å². The normalized spacial score (nSPS) is 15.3. The van der Waals surface area contributed by atoms with Crippen LogP contribution in [0.1, 0.15) is 31.2 Å². The quantitative estimate of drug-likeness (QED) is 0.906. The molecule has 5 heteroatoms. The van der Waals surface area contributed by atoms with Gasteiger partial charge in [-0.3, -0.25) is 4.79 Å². The van der Waals surface area contributed by atoms with Crippen molar-refractivity contribution in [1.82, 2.24) is 10.2 Å². The minimum Gasteiger partial charge on any atom is -0.341 e. The molecular formula is C16H24ClFN2O. The first-order valence-electron chi connectivity index (χ1n) is 7.34. The van der Waals surface area contributed by atoms with Gasteiger partial charge in [-0.1, -0.05) is 12.1 Å². The SMILES string of the molecule is CN(Cc1cccc(F)c1)C(=O)CCC1CCNCC1.Cl. The van der Waals surface area contributed by atoms with Gasteiger partial charge in [0, 0.05) is 20.0 Å². The monoisotopic (exact) mass is 314 g/mol. The molecule has 0 radical (unpaired) electrons. The molecule has 0 aromatic heterocycles. The van der Waals surface area contributed by atoms with Crippen LogP contribution in [-0.4, -0.2) is 30.9 Å². The van der Waals surface area contributed by atoms with Crippen LogP contribution in [-0.2, 0) is 11.3 Å². The van der Waals surface area contributed by atoms with Crippen LogP contribution in [0.5, 0.6) is 0 Å². The maximum atomic E-state index is 13.1. The maximum Gasteiger partial charge on any atom is 0.222 e. The fraction of sp³-hybridized carbons (Fsp3) is 0.562. The summed E-state index contributed by atoms with van der Waals surface area (Å²) in [5.74, 6) is 0.564. The van der Waals surface area contributed by atoms with E-state index in [4.69, 9.17) is 0 Å². The summed E-state index contributed by atoms with van der Waals surface area (Å²) in [4.78, 5) is 13.8. The van der Waals surface area contributed by atoms with E-state index in [0.29, 0.717) is 18.9 Å². The summed E-state index contributed by atoms with van der Waals surface area (Å²) >= 11 is 0. The Labute approximate surface area is 132 Å². The number of hydrogen-bond acceptors (Lipinski definition) is 2. The molecule has 3 nitrogen and oxygen atoms in total. The highest BCUT2D eigenvalue weighted by Gasteiger charge is 2.16. The van der Waals surface area contributed by atoms with Gasteiger partial charge >= 0.3 is 0 Å². The Morgan fingerprint density at radius 1 is 1.38 bits per heavy atom. The highest BCUT2D eigenvalue weighted by molar-refractivity contribution is 5.85. The number of nitrogens with zero attached hydrogens (tertiary/aromatic N) is 1. The first-order chi connectivity index (χ1) is 9.65. The van der Waals surface area contributed by atoms with E-state index in [2.05, 4.69) is 5.32 Å². The van der Waals surface area contributed by atoms with Crippen molar-refractivity contribution in [3.63, 3.8) is 0 Å². The Kier molecular flexibility index (Phi) is 7.68. The van der Waals surface area contributed by atoms with Gasteiger partial charge in [0.25, 0.3) is 0 Å². The van der Waals surface area contributed by atoms with Crippen molar-refractivity contribution in [2.75, 3.05) is 20.1 Å². The molecule has 0 saturated carbocycles. The van der Waals surface area contributed by atoms with Crippen molar-refractivity contribution >= 4 is 18.3 Å². The number of rotatable bonds is 5. The van der Waals surface area contributed by atoms with E-state index >= 15 is 0 Å². The third-order valence-electron chi connectivity index (χ3n) is 3.96. The van der Waals surface area contributed by atoms with Gasteiger partial charge in [0.15, 0.2) is 0 Å². The summed E-state index contributed by atoms with van der Waals surface area (Å²) in [6.07, 6.45) is 3.90. The van der Waals surface area contributed by atoms with E-state index in [9.17, 15) is 9.18 Å². The van der Waals surface area contributed by atoms with Crippen LogP contribution in [0.4, 0.5) is 4.39 Å².